The predicted molar refractivity (Wildman–Crippen MR) is 113 cm³/mol. The van der Waals surface area contributed by atoms with Gasteiger partial charge < -0.3 is 9.47 Å². The number of methoxy groups -OCH3 is 1. The first-order valence-corrected chi connectivity index (χ1v) is 9.70. The van der Waals surface area contributed by atoms with Crippen LogP contribution in [0.2, 0.25) is 5.02 Å². The Balaban J connectivity index is 1.62. The minimum Gasteiger partial charge on any atom is -0.489 e. The number of esters is 1. The molecule has 0 atom stereocenters. The molecule has 1 aliphatic heterocycles. The van der Waals surface area contributed by atoms with Gasteiger partial charge in [0.1, 0.15) is 18.2 Å². The monoisotopic (exact) mass is 447 g/mol. The van der Waals surface area contributed by atoms with E-state index in [4.69, 9.17) is 16.3 Å². The van der Waals surface area contributed by atoms with Crippen LogP contribution in [0.1, 0.15) is 11.1 Å². The summed E-state index contributed by atoms with van der Waals surface area (Å²) in [6.45, 7) is 0.181. The van der Waals surface area contributed by atoms with E-state index in [2.05, 4.69) is 20.3 Å². The van der Waals surface area contributed by atoms with Crippen molar-refractivity contribution >= 4 is 46.6 Å². The van der Waals surface area contributed by atoms with E-state index < -0.39 is 17.7 Å². The molecule has 0 radical (unpaired) electrons. The van der Waals surface area contributed by atoms with Gasteiger partial charge in [-0.25, -0.2) is 9.18 Å². The highest BCUT2D eigenvalue weighted by molar-refractivity contribution is 8.18. The molecular weight excluding hydrogens is 433 g/mol. The molecule has 1 amide bonds. The number of thioether (sulfide) groups is 1. The summed E-state index contributed by atoms with van der Waals surface area (Å²) in [7, 11) is 1.22. The maximum absolute atomic E-state index is 13.1. The van der Waals surface area contributed by atoms with Crippen LogP contribution in [0.25, 0.3) is 0 Å². The Bertz CT molecular complexity index is 1070. The first-order valence-electron chi connectivity index (χ1n) is 8.51. The average Bonchev–Trinajstić information content (AvgIpc) is 3.06. The number of halogens is 2. The first kappa shape index (κ1) is 21.5. The van der Waals surface area contributed by atoms with Gasteiger partial charge in [0.2, 0.25) is 0 Å². The Kier molecular flexibility index (Phi) is 7.21. The molecule has 10 heteroatoms. The van der Waals surface area contributed by atoms with E-state index in [1.54, 1.807) is 30.3 Å². The molecule has 1 saturated heterocycles. The van der Waals surface area contributed by atoms with Crippen molar-refractivity contribution in [3.8, 4) is 5.75 Å². The summed E-state index contributed by atoms with van der Waals surface area (Å²) in [4.78, 5) is 23.2. The molecule has 3 rings (SSSR count). The summed E-state index contributed by atoms with van der Waals surface area (Å²) in [6, 6.07) is 11.2. The van der Waals surface area contributed by atoms with Gasteiger partial charge in [0.15, 0.2) is 5.17 Å². The highest BCUT2D eigenvalue weighted by atomic mass is 35.5. The van der Waals surface area contributed by atoms with Gasteiger partial charge in [-0.05, 0) is 41.6 Å². The summed E-state index contributed by atoms with van der Waals surface area (Å²) in [6.07, 6.45) is 2.57. The molecule has 30 heavy (non-hydrogen) atoms. The van der Waals surface area contributed by atoms with Crippen molar-refractivity contribution in [3.05, 3.63) is 75.4 Å². The minimum atomic E-state index is -0.629. The van der Waals surface area contributed by atoms with Crippen LogP contribution in [-0.4, -0.2) is 30.4 Å². The van der Waals surface area contributed by atoms with Gasteiger partial charge in [0.05, 0.1) is 23.3 Å². The van der Waals surface area contributed by atoms with Crippen LogP contribution in [0.4, 0.5) is 4.39 Å². The van der Waals surface area contributed by atoms with Crippen molar-refractivity contribution < 1.29 is 23.5 Å². The second-order valence-electron chi connectivity index (χ2n) is 5.83. The maximum Gasteiger partial charge on any atom is 0.331 e. The van der Waals surface area contributed by atoms with E-state index in [-0.39, 0.29) is 16.7 Å². The SMILES string of the molecule is COC(=O)/C=C1/S/C(=N\N=Cc2cccc(OCc3ccc(F)cc3Cl)c2)NC1=O. The number of ether oxygens (including phenoxy) is 2. The van der Waals surface area contributed by atoms with E-state index in [1.807, 2.05) is 0 Å². The van der Waals surface area contributed by atoms with Crippen molar-refractivity contribution in [3.63, 3.8) is 0 Å². The number of rotatable bonds is 6. The molecule has 0 unspecified atom stereocenters. The summed E-state index contributed by atoms with van der Waals surface area (Å²) < 4.78 is 23.3. The number of amides is 1. The van der Waals surface area contributed by atoms with E-state index in [9.17, 15) is 14.0 Å². The number of hydrogen-bond donors (Lipinski definition) is 1. The number of benzene rings is 2. The molecule has 1 fully saturated rings. The molecule has 1 heterocycles. The number of carbonyl (C=O) groups excluding carboxylic acids is 2. The molecule has 0 bridgehead atoms. The number of nitrogens with zero attached hydrogens (tertiary/aromatic N) is 2. The summed E-state index contributed by atoms with van der Waals surface area (Å²) >= 11 is 6.98. The quantitative estimate of drug-likeness (QED) is 0.316. The third-order valence-corrected chi connectivity index (χ3v) is 4.98. The van der Waals surface area contributed by atoms with Crippen molar-refractivity contribution in [1.29, 1.82) is 0 Å². The zero-order valence-electron chi connectivity index (χ0n) is 15.6. The highest BCUT2D eigenvalue weighted by Gasteiger charge is 2.24. The molecule has 0 aliphatic carbocycles. The third kappa shape index (κ3) is 5.91. The molecule has 2 aromatic rings. The van der Waals surface area contributed by atoms with Gasteiger partial charge in [0, 0.05) is 11.6 Å². The fourth-order valence-electron chi connectivity index (χ4n) is 2.27. The van der Waals surface area contributed by atoms with Crippen molar-refractivity contribution in [2.24, 2.45) is 10.2 Å². The number of carbonyl (C=O) groups is 2. The zero-order chi connectivity index (χ0) is 21.5. The molecule has 0 aromatic heterocycles. The Morgan fingerprint density at radius 2 is 2.13 bits per heavy atom. The fraction of sp³-hybridized carbons (Fsp3) is 0.100. The molecule has 1 aliphatic rings. The summed E-state index contributed by atoms with van der Waals surface area (Å²) in [5, 5.41) is 10.9. The molecule has 1 N–H and O–H groups in total. The molecule has 0 saturated carbocycles. The fourth-order valence-corrected chi connectivity index (χ4v) is 3.23. The van der Waals surface area contributed by atoms with Crippen LogP contribution in [0.3, 0.4) is 0 Å². The lowest BCUT2D eigenvalue weighted by Crippen LogP contribution is -2.19. The van der Waals surface area contributed by atoms with Gasteiger partial charge in [0.25, 0.3) is 5.91 Å². The predicted octanol–water partition coefficient (Wildman–Crippen LogP) is 3.67. The van der Waals surface area contributed by atoms with Crippen LogP contribution in [0.15, 0.2) is 63.6 Å². The maximum atomic E-state index is 13.1. The standard InChI is InChI=1S/C20H15ClFN3O4S/c1-28-18(26)9-17-19(27)24-20(30-17)25-23-10-12-3-2-4-15(7-12)29-11-13-5-6-14(22)8-16(13)21/h2-10H,11H2,1H3,(H,24,25,27)/b17-9+,23-10?. The largest absolute Gasteiger partial charge is 0.489 e. The van der Waals surface area contributed by atoms with Crippen LogP contribution in [0, 0.1) is 5.82 Å². The summed E-state index contributed by atoms with van der Waals surface area (Å²) in [5.74, 6) is -0.919. The van der Waals surface area contributed by atoms with Gasteiger partial charge in [-0.2, -0.15) is 5.10 Å². The highest BCUT2D eigenvalue weighted by Crippen LogP contribution is 2.23. The van der Waals surface area contributed by atoms with Crippen molar-refractivity contribution in [2.45, 2.75) is 6.61 Å². The molecule has 2 aromatic carbocycles. The van der Waals surface area contributed by atoms with Crippen LogP contribution in [-0.2, 0) is 20.9 Å². The zero-order valence-corrected chi connectivity index (χ0v) is 17.2. The molecule has 7 nitrogen and oxygen atoms in total. The van der Waals surface area contributed by atoms with E-state index in [0.717, 1.165) is 17.8 Å². The first-order chi connectivity index (χ1) is 14.4. The molecule has 154 valence electrons. The number of amidine groups is 1. The van der Waals surface area contributed by atoms with Crippen LogP contribution in [0.5, 0.6) is 5.75 Å². The third-order valence-electron chi connectivity index (χ3n) is 3.72. The smallest absolute Gasteiger partial charge is 0.331 e. The van der Waals surface area contributed by atoms with Crippen molar-refractivity contribution in [2.75, 3.05) is 7.11 Å². The number of nitrogens with one attached hydrogen (secondary N) is 1. The Labute approximate surface area is 180 Å². The van der Waals surface area contributed by atoms with Crippen molar-refractivity contribution in [1.82, 2.24) is 5.32 Å². The second kappa shape index (κ2) is 10.0. The van der Waals surface area contributed by atoms with Gasteiger partial charge in [-0.15, -0.1) is 5.10 Å². The molecular formula is C20H15ClFN3O4S. The summed E-state index contributed by atoms with van der Waals surface area (Å²) in [5.41, 5.74) is 1.37. The minimum absolute atomic E-state index is 0.172. The van der Waals surface area contributed by atoms with E-state index in [1.165, 1.54) is 25.5 Å². The number of hydrogen-bond acceptors (Lipinski definition) is 7. The topological polar surface area (TPSA) is 89.3 Å². The van der Waals surface area contributed by atoms with Gasteiger partial charge in [-0.1, -0.05) is 29.8 Å². The Hall–Kier alpha value is -3.17. The Morgan fingerprint density at radius 3 is 2.90 bits per heavy atom. The lowest BCUT2D eigenvalue weighted by Gasteiger charge is -2.08. The second-order valence-corrected chi connectivity index (χ2v) is 7.27. The lowest BCUT2D eigenvalue weighted by molar-refractivity contribution is -0.135. The van der Waals surface area contributed by atoms with E-state index in [0.29, 0.717) is 21.9 Å². The lowest BCUT2D eigenvalue weighted by atomic mass is 10.2. The van der Waals surface area contributed by atoms with Gasteiger partial charge in [-0.3, -0.25) is 10.1 Å². The van der Waals surface area contributed by atoms with Gasteiger partial charge >= 0.3 is 5.97 Å². The molecule has 0 spiro atoms. The average molecular weight is 448 g/mol. The van der Waals surface area contributed by atoms with E-state index >= 15 is 0 Å². The Morgan fingerprint density at radius 1 is 1.30 bits per heavy atom. The van der Waals surface area contributed by atoms with Crippen LogP contribution < -0.4 is 10.1 Å². The normalized spacial score (nSPS) is 16.3. The van der Waals surface area contributed by atoms with Crippen LogP contribution >= 0.6 is 23.4 Å².